The lowest BCUT2D eigenvalue weighted by atomic mass is 9.41. The molecule has 1 fully saturated rings. The van der Waals surface area contributed by atoms with E-state index in [1.165, 1.54) is 0 Å². The van der Waals surface area contributed by atoms with Crippen LogP contribution in [0, 0.1) is 18.2 Å². The number of hydrogen-bond donors (Lipinski definition) is 0. The molecule has 0 radical (unpaired) electrons. The topological polar surface area (TPSA) is 89.2 Å². The van der Waals surface area contributed by atoms with Gasteiger partial charge in [-0.05, 0) is 12.1 Å². The van der Waals surface area contributed by atoms with E-state index in [1.807, 2.05) is 29.8 Å². The molecule has 0 aliphatic carbocycles. The fourth-order valence-corrected chi connectivity index (χ4v) is 4.81. The Morgan fingerprint density at radius 1 is 1.32 bits per heavy atom. The molecule has 0 amide bonds. The van der Waals surface area contributed by atoms with E-state index in [9.17, 15) is 0 Å². The van der Waals surface area contributed by atoms with Crippen molar-refractivity contribution in [1.82, 2.24) is 19.6 Å². The molecule has 1 aliphatic heterocycles. The van der Waals surface area contributed by atoms with Crippen LogP contribution < -0.4 is 4.74 Å². The first-order valence-corrected chi connectivity index (χ1v) is 10.2. The van der Waals surface area contributed by atoms with E-state index in [0.717, 1.165) is 52.2 Å². The lowest BCUT2D eigenvalue weighted by molar-refractivity contribution is 0.419. The van der Waals surface area contributed by atoms with Crippen LogP contribution in [-0.4, -0.2) is 33.4 Å². The van der Waals surface area contributed by atoms with Gasteiger partial charge in [0.05, 0.1) is 19.0 Å². The number of imidazole rings is 1. The highest BCUT2D eigenvalue weighted by Gasteiger charge is 2.27. The Morgan fingerprint density at radius 3 is 2.86 bits per heavy atom. The van der Waals surface area contributed by atoms with Crippen molar-refractivity contribution in [2.24, 2.45) is 0 Å². The fraction of sp³-hybridized carbons (Fsp3) is 0.368. The molecule has 1 saturated heterocycles. The van der Waals surface area contributed by atoms with Crippen LogP contribution in [0.4, 0.5) is 0 Å². The Labute approximate surface area is 166 Å². The van der Waals surface area contributed by atoms with Gasteiger partial charge in [-0.15, -0.1) is 0 Å². The molecule has 1 aliphatic rings. The zero-order chi connectivity index (χ0) is 19.3. The monoisotopic (exact) mass is 391 g/mol. The van der Waals surface area contributed by atoms with Crippen LogP contribution >= 0.6 is 11.3 Å². The van der Waals surface area contributed by atoms with E-state index in [1.54, 1.807) is 18.4 Å². The largest absolute Gasteiger partial charge is 0.494 e. The van der Waals surface area contributed by atoms with Crippen molar-refractivity contribution in [1.29, 1.82) is 5.26 Å². The summed E-state index contributed by atoms with van der Waals surface area (Å²) in [5.41, 5.74) is 3.42. The summed E-state index contributed by atoms with van der Waals surface area (Å²) < 4.78 is 13.0. The number of aromatic nitrogens is 4. The number of hydrogen-bond acceptors (Lipinski definition) is 7. The molecule has 0 atom stereocenters. The summed E-state index contributed by atoms with van der Waals surface area (Å²) in [6.45, 7) is 2.02. The number of rotatable bonds is 3. The first kappa shape index (κ1) is 17.3. The molecule has 28 heavy (non-hydrogen) atoms. The van der Waals surface area contributed by atoms with Gasteiger partial charge >= 0.3 is 0 Å². The third kappa shape index (κ3) is 2.85. The summed E-state index contributed by atoms with van der Waals surface area (Å²) in [5.74, 6) is 4.09. The Balaban J connectivity index is 1.47. The van der Waals surface area contributed by atoms with E-state index in [-0.39, 0.29) is 6.71 Å². The molecule has 4 aromatic rings. The summed E-state index contributed by atoms with van der Waals surface area (Å²) in [6, 6.07) is 3.88. The van der Waals surface area contributed by atoms with Crippen molar-refractivity contribution < 1.29 is 9.15 Å². The lowest BCUT2D eigenvalue weighted by Crippen LogP contribution is -2.19. The summed E-state index contributed by atoms with van der Waals surface area (Å²) >= 11 is 1.55. The molecule has 7 nitrogen and oxygen atoms in total. The SMILES string of the molecule is COc1cc(-c2nn3cc(C4CCB(C#N)CC4)nc3s2)cc2oc(C)nc12. The van der Waals surface area contributed by atoms with Crippen LogP contribution in [-0.2, 0) is 0 Å². The average molecular weight is 391 g/mol. The van der Waals surface area contributed by atoms with Gasteiger partial charge in [-0.1, -0.05) is 36.8 Å². The van der Waals surface area contributed by atoms with E-state index < -0.39 is 0 Å². The van der Waals surface area contributed by atoms with Crippen LogP contribution in [0.1, 0.15) is 30.3 Å². The maximum atomic E-state index is 9.08. The lowest BCUT2D eigenvalue weighted by Gasteiger charge is -2.21. The highest BCUT2D eigenvalue weighted by Crippen LogP contribution is 2.36. The van der Waals surface area contributed by atoms with Crippen molar-refractivity contribution in [2.75, 3.05) is 7.11 Å². The van der Waals surface area contributed by atoms with Crippen molar-refractivity contribution in [3.8, 4) is 22.3 Å². The third-order valence-electron chi connectivity index (χ3n) is 5.42. The fourth-order valence-electron chi connectivity index (χ4n) is 3.94. The Morgan fingerprint density at radius 2 is 2.14 bits per heavy atom. The first-order valence-electron chi connectivity index (χ1n) is 9.36. The first-order chi connectivity index (χ1) is 13.6. The van der Waals surface area contributed by atoms with E-state index in [2.05, 4.69) is 11.0 Å². The second-order valence-corrected chi connectivity index (χ2v) is 8.19. The molecule has 3 aromatic heterocycles. The van der Waals surface area contributed by atoms with Crippen LogP contribution in [0.2, 0.25) is 12.6 Å². The predicted molar refractivity (Wildman–Crippen MR) is 108 cm³/mol. The normalized spacial score (nSPS) is 15.4. The standard InChI is InChI=1S/C19H18BN5O2S/c1-11-22-17-15(26-2)7-13(8-16(17)27-11)18-24-25-9-14(23-19(25)28-18)12-3-5-20(10-21)6-4-12/h7-9,12H,3-6H2,1-2H3. The van der Waals surface area contributed by atoms with E-state index in [4.69, 9.17) is 24.5 Å². The molecule has 1 aromatic carbocycles. The second-order valence-electron chi connectivity index (χ2n) is 7.24. The Hall–Kier alpha value is -2.86. The van der Waals surface area contributed by atoms with Gasteiger partial charge in [0.25, 0.3) is 6.71 Å². The van der Waals surface area contributed by atoms with Crippen LogP contribution in [0.3, 0.4) is 0 Å². The Kier molecular flexibility index (Phi) is 4.09. The molecule has 0 bridgehead atoms. The number of aryl methyl sites for hydroxylation is 1. The maximum absolute atomic E-state index is 9.08. The molecule has 0 saturated carbocycles. The van der Waals surface area contributed by atoms with Gasteiger partial charge in [0, 0.05) is 24.4 Å². The molecule has 9 heteroatoms. The molecular weight excluding hydrogens is 373 g/mol. The molecule has 5 rings (SSSR count). The highest BCUT2D eigenvalue weighted by molar-refractivity contribution is 7.19. The van der Waals surface area contributed by atoms with Gasteiger partial charge in [-0.3, -0.25) is 0 Å². The number of nitriles is 1. The average Bonchev–Trinajstić information content (AvgIpc) is 3.39. The summed E-state index contributed by atoms with van der Waals surface area (Å²) in [4.78, 5) is 10.1. The third-order valence-corrected chi connectivity index (χ3v) is 6.40. The number of oxazole rings is 1. The van der Waals surface area contributed by atoms with Gasteiger partial charge in [0.2, 0.25) is 4.96 Å². The molecule has 140 valence electrons. The number of fused-ring (bicyclic) bond motifs is 2. The maximum Gasteiger partial charge on any atom is 0.267 e. The molecular formula is C19H18BN5O2S. The summed E-state index contributed by atoms with van der Waals surface area (Å²) in [7, 11) is 1.63. The van der Waals surface area contributed by atoms with Crippen molar-refractivity contribution in [3.63, 3.8) is 0 Å². The molecule has 0 N–H and O–H groups in total. The number of ether oxygens (including phenoxy) is 1. The Bertz CT molecular complexity index is 1180. The van der Waals surface area contributed by atoms with Gasteiger partial charge in [-0.2, -0.15) is 5.10 Å². The van der Waals surface area contributed by atoms with E-state index >= 15 is 0 Å². The van der Waals surface area contributed by atoms with Crippen LogP contribution in [0.5, 0.6) is 5.75 Å². The van der Waals surface area contributed by atoms with Crippen LogP contribution in [0.15, 0.2) is 22.7 Å². The second kappa shape index (κ2) is 6.64. The summed E-state index contributed by atoms with van der Waals surface area (Å²) in [5, 5.41) is 14.7. The molecule has 4 heterocycles. The molecule has 0 spiro atoms. The van der Waals surface area contributed by atoms with Crippen molar-refractivity contribution in [3.05, 3.63) is 29.9 Å². The smallest absolute Gasteiger partial charge is 0.267 e. The van der Waals surface area contributed by atoms with E-state index in [0.29, 0.717) is 23.1 Å². The highest BCUT2D eigenvalue weighted by atomic mass is 32.1. The molecule has 0 unspecified atom stereocenters. The van der Waals surface area contributed by atoms with Gasteiger partial charge in [0.1, 0.15) is 10.8 Å². The minimum absolute atomic E-state index is 0.203. The number of methoxy groups -OCH3 is 1. The number of benzene rings is 1. The van der Waals surface area contributed by atoms with Crippen molar-refractivity contribution >= 4 is 34.1 Å². The minimum Gasteiger partial charge on any atom is -0.494 e. The zero-order valence-corrected chi connectivity index (χ0v) is 16.5. The minimum atomic E-state index is 0.203. The predicted octanol–water partition coefficient (Wildman–Crippen LogP) is 4.35. The van der Waals surface area contributed by atoms with Crippen molar-refractivity contribution in [2.45, 2.75) is 38.3 Å². The summed E-state index contributed by atoms with van der Waals surface area (Å²) in [6.07, 6.45) is 5.99. The number of nitrogens with zero attached hydrogens (tertiary/aromatic N) is 5. The van der Waals surface area contributed by atoms with Crippen LogP contribution in [0.25, 0.3) is 26.6 Å². The van der Waals surface area contributed by atoms with Gasteiger partial charge in [-0.25, -0.2) is 19.7 Å². The quantitative estimate of drug-likeness (QED) is 0.483. The van der Waals surface area contributed by atoms with Gasteiger partial charge < -0.3 is 9.15 Å². The van der Waals surface area contributed by atoms with Gasteiger partial charge in [0.15, 0.2) is 17.0 Å². The zero-order valence-electron chi connectivity index (χ0n) is 15.7.